The highest BCUT2D eigenvalue weighted by molar-refractivity contribution is 6.32. The van der Waals surface area contributed by atoms with Crippen molar-refractivity contribution >= 4 is 23.5 Å². The molecule has 108 valence electrons. The summed E-state index contributed by atoms with van der Waals surface area (Å²) in [5.74, 6) is -1.45. The molecule has 1 heterocycles. The zero-order valence-electron chi connectivity index (χ0n) is 11.1. The van der Waals surface area contributed by atoms with Gasteiger partial charge in [0.05, 0.1) is 5.02 Å². The Balaban J connectivity index is 2.36. The quantitative estimate of drug-likeness (QED) is 0.898. The third-order valence-electron chi connectivity index (χ3n) is 3.91. The Labute approximate surface area is 121 Å². The van der Waals surface area contributed by atoms with Gasteiger partial charge in [0, 0.05) is 12.1 Å². The van der Waals surface area contributed by atoms with E-state index in [9.17, 15) is 19.8 Å². The van der Waals surface area contributed by atoms with Crippen molar-refractivity contribution < 1.29 is 19.8 Å². The molecule has 1 unspecified atom stereocenters. The summed E-state index contributed by atoms with van der Waals surface area (Å²) in [6, 6.07) is 4.14. The number of phenols is 1. The molecule has 1 atom stereocenters. The van der Waals surface area contributed by atoms with Gasteiger partial charge in [-0.1, -0.05) is 18.5 Å². The molecule has 20 heavy (non-hydrogen) atoms. The van der Waals surface area contributed by atoms with Gasteiger partial charge in [-0.15, -0.1) is 0 Å². The van der Waals surface area contributed by atoms with Crippen LogP contribution in [0.15, 0.2) is 18.2 Å². The Kier molecular flexibility index (Phi) is 3.90. The number of carboxylic acid groups (broad SMARTS) is 1. The Morgan fingerprint density at radius 2 is 2.15 bits per heavy atom. The van der Waals surface area contributed by atoms with E-state index in [0.29, 0.717) is 25.8 Å². The second-order valence-corrected chi connectivity index (χ2v) is 5.32. The van der Waals surface area contributed by atoms with E-state index in [2.05, 4.69) is 0 Å². The molecular formula is C14H16ClNO4. The number of halogens is 1. The molecule has 2 N–H and O–H groups in total. The predicted octanol–water partition coefficient (Wildman–Crippen LogP) is 2.52. The number of carbonyl (C=O) groups is 2. The molecule has 5 nitrogen and oxygen atoms in total. The summed E-state index contributed by atoms with van der Waals surface area (Å²) in [7, 11) is 0. The number of likely N-dealkylation sites (tertiary alicyclic amines) is 1. The summed E-state index contributed by atoms with van der Waals surface area (Å²) in [6.45, 7) is 2.18. The van der Waals surface area contributed by atoms with Gasteiger partial charge in [0.25, 0.3) is 5.91 Å². The molecule has 1 aliphatic heterocycles. The van der Waals surface area contributed by atoms with Gasteiger partial charge in [-0.25, -0.2) is 4.79 Å². The van der Waals surface area contributed by atoms with Crippen molar-refractivity contribution in [3.05, 3.63) is 28.8 Å². The highest BCUT2D eigenvalue weighted by Gasteiger charge is 2.48. The number of rotatable bonds is 3. The Hall–Kier alpha value is -1.75. The van der Waals surface area contributed by atoms with Crippen LogP contribution in [-0.2, 0) is 4.79 Å². The van der Waals surface area contributed by atoms with Crippen LogP contribution in [0, 0.1) is 0 Å². The number of hydrogen-bond donors (Lipinski definition) is 2. The number of amides is 1. The SMILES string of the molecule is CCC1(C(=O)O)CCCN1C(=O)c1ccc(O)c(Cl)c1. The molecule has 2 rings (SSSR count). The molecule has 1 aromatic rings. The third kappa shape index (κ3) is 2.22. The molecule has 1 amide bonds. The zero-order valence-corrected chi connectivity index (χ0v) is 11.9. The number of aromatic hydroxyl groups is 1. The van der Waals surface area contributed by atoms with Crippen LogP contribution in [0.25, 0.3) is 0 Å². The van der Waals surface area contributed by atoms with Crippen LogP contribution < -0.4 is 0 Å². The van der Waals surface area contributed by atoms with Gasteiger partial charge >= 0.3 is 5.97 Å². The predicted molar refractivity (Wildman–Crippen MR) is 74.0 cm³/mol. The van der Waals surface area contributed by atoms with E-state index in [0.717, 1.165) is 0 Å². The molecule has 0 radical (unpaired) electrons. The monoisotopic (exact) mass is 297 g/mol. The van der Waals surface area contributed by atoms with E-state index in [1.165, 1.54) is 23.1 Å². The Morgan fingerprint density at radius 1 is 1.45 bits per heavy atom. The first-order valence-electron chi connectivity index (χ1n) is 6.46. The highest BCUT2D eigenvalue weighted by Crippen LogP contribution is 2.35. The smallest absolute Gasteiger partial charge is 0.329 e. The van der Waals surface area contributed by atoms with Gasteiger partial charge in [-0.2, -0.15) is 0 Å². The number of benzene rings is 1. The third-order valence-corrected chi connectivity index (χ3v) is 4.21. The highest BCUT2D eigenvalue weighted by atomic mass is 35.5. The lowest BCUT2D eigenvalue weighted by molar-refractivity contribution is -0.148. The lowest BCUT2D eigenvalue weighted by Gasteiger charge is -2.34. The van der Waals surface area contributed by atoms with E-state index < -0.39 is 11.5 Å². The molecule has 0 bridgehead atoms. The number of hydrogen-bond acceptors (Lipinski definition) is 3. The topological polar surface area (TPSA) is 77.8 Å². The fraction of sp³-hybridized carbons (Fsp3) is 0.429. The van der Waals surface area contributed by atoms with Crippen LogP contribution in [0.5, 0.6) is 5.75 Å². The molecule has 1 aliphatic rings. The summed E-state index contributed by atoms with van der Waals surface area (Å²) >= 11 is 5.80. The molecular weight excluding hydrogens is 282 g/mol. The van der Waals surface area contributed by atoms with Crippen molar-refractivity contribution in [2.45, 2.75) is 31.7 Å². The summed E-state index contributed by atoms with van der Waals surface area (Å²) in [5.41, 5.74) is -0.852. The first-order chi connectivity index (χ1) is 9.42. The zero-order chi connectivity index (χ0) is 14.9. The fourth-order valence-electron chi connectivity index (χ4n) is 2.71. The molecule has 0 spiro atoms. The second-order valence-electron chi connectivity index (χ2n) is 4.92. The number of carboxylic acids is 1. The summed E-state index contributed by atoms with van der Waals surface area (Å²) in [5, 5.41) is 18.9. The van der Waals surface area contributed by atoms with E-state index in [1.54, 1.807) is 6.92 Å². The van der Waals surface area contributed by atoms with Crippen molar-refractivity contribution in [3.8, 4) is 5.75 Å². The van der Waals surface area contributed by atoms with Gasteiger partial charge in [-0.3, -0.25) is 4.79 Å². The maximum atomic E-state index is 12.5. The maximum Gasteiger partial charge on any atom is 0.329 e. The van der Waals surface area contributed by atoms with Gasteiger partial charge in [0.1, 0.15) is 11.3 Å². The molecule has 6 heteroatoms. The number of carbonyl (C=O) groups excluding carboxylic acids is 1. The Bertz CT molecular complexity index is 560. The Morgan fingerprint density at radius 3 is 2.70 bits per heavy atom. The number of nitrogens with zero attached hydrogens (tertiary/aromatic N) is 1. The lowest BCUT2D eigenvalue weighted by Crippen LogP contribution is -2.52. The number of aliphatic carboxylic acids is 1. The summed E-state index contributed by atoms with van der Waals surface area (Å²) < 4.78 is 0. The minimum absolute atomic E-state index is 0.0764. The maximum absolute atomic E-state index is 12.5. The van der Waals surface area contributed by atoms with E-state index in [1.807, 2.05) is 0 Å². The van der Waals surface area contributed by atoms with E-state index in [4.69, 9.17) is 11.6 Å². The normalized spacial score (nSPS) is 22.0. The average molecular weight is 298 g/mol. The van der Waals surface area contributed by atoms with Crippen LogP contribution in [0.2, 0.25) is 5.02 Å². The van der Waals surface area contributed by atoms with E-state index >= 15 is 0 Å². The molecule has 0 saturated carbocycles. The van der Waals surface area contributed by atoms with Crippen LogP contribution >= 0.6 is 11.6 Å². The van der Waals surface area contributed by atoms with Gasteiger partial charge < -0.3 is 15.1 Å². The lowest BCUT2D eigenvalue weighted by atomic mass is 9.92. The van der Waals surface area contributed by atoms with Gasteiger partial charge in [0.2, 0.25) is 0 Å². The summed E-state index contributed by atoms with van der Waals surface area (Å²) in [6.07, 6.45) is 1.48. The minimum atomic E-state index is -1.14. The average Bonchev–Trinajstić information content (AvgIpc) is 2.86. The van der Waals surface area contributed by atoms with Crippen LogP contribution in [-0.4, -0.2) is 39.1 Å². The fourth-order valence-corrected chi connectivity index (χ4v) is 2.89. The molecule has 0 aromatic heterocycles. The number of phenolic OH excluding ortho intramolecular Hbond substituents is 1. The first-order valence-corrected chi connectivity index (χ1v) is 6.84. The summed E-state index contributed by atoms with van der Waals surface area (Å²) in [4.78, 5) is 25.5. The molecule has 0 aliphatic carbocycles. The van der Waals surface area contributed by atoms with E-state index in [-0.39, 0.29) is 22.2 Å². The van der Waals surface area contributed by atoms with Crippen molar-refractivity contribution in [2.75, 3.05) is 6.54 Å². The minimum Gasteiger partial charge on any atom is -0.506 e. The molecule has 1 aromatic carbocycles. The van der Waals surface area contributed by atoms with Crippen molar-refractivity contribution in [1.82, 2.24) is 4.90 Å². The van der Waals surface area contributed by atoms with Crippen molar-refractivity contribution in [2.24, 2.45) is 0 Å². The van der Waals surface area contributed by atoms with Crippen LogP contribution in [0.4, 0.5) is 0 Å². The van der Waals surface area contributed by atoms with Crippen molar-refractivity contribution in [1.29, 1.82) is 0 Å². The van der Waals surface area contributed by atoms with Gasteiger partial charge in [-0.05, 0) is 37.5 Å². The van der Waals surface area contributed by atoms with Gasteiger partial charge in [0.15, 0.2) is 0 Å². The standard InChI is InChI=1S/C14H16ClNO4/c1-2-14(13(19)20)6-3-7-16(14)12(18)9-4-5-11(17)10(15)8-9/h4-5,8,17H,2-3,6-7H2,1H3,(H,19,20). The first kappa shape index (κ1) is 14.7. The molecule has 1 saturated heterocycles. The largest absolute Gasteiger partial charge is 0.506 e. The van der Waals surface area contributed by atoms with Crippen LogP contribution in [0.1, 0.15) is 36.5 Å². The van der Waals surface area contributed by atoms with Crippen molar-refractivity contribution in [3.63, 3.8) is 0 Å². The second kappa shape index (κ2) is 5.32. The molecule has 1 fully saturated rings. The van der Waals surface area contributed by atoms with Crippen LogP contribution in [0.3, 0.4) is 0 Å².